The Morgan fingerprint density at radius 1 is 0.625 bits per heavy atom. The van der Waals surface area contributed by atoms with Gasteiger partial charge in [-0.15, -0.1) is 0 Å². The third-order valence-corrected chi connectivity index (χ3v) is 6.87. The Hall–Kier alpha value is -5.49. The van der Waals surface area contributed by atoms with Gasteiger partial charge in [0, 0.05) is 35.2 Å². The van der Waals surface area contributed by atoms with Crippen molar-refractivity contribution in [3.63, 3.8) is 0 Å². The first-order valence-electron chi connectivity index (χ1n) is 13.0. The summed E-state index contributed by atoms with van der Waals surface area (Å²) in [6.45, 7) is 1.40. The summed E-state index contributed by atoms with van der Waals surface area (Å²) in [4.78, 5) is 29.0. The lowest BCUT2D eigenvalue weighted by Crippen LogP contribution is -2.00. The summed E-state index contributed by atoms with van der Waals surface area (Å²) < 4.78 is 5.64. The maximum absolute atomic E-state index is 12.0. The van der Waals surface area contributed by atoms with Crippen molar-refractivity contribution in [1.82, 2.24) is 19.9 Å². The van der Waals surface area contributed by atoms with Gasteiger partial charge in [0.1, 0.15) is 0 Å². The molecule has 2 N–H and O–H groups in total. The number of aromatic nitrogens is 4. The van der Waals surface area contributed by atoms with E-state index in [0.29, 0.717) is 11.3 Å². The molecule has 0 fully saturated rings. The highest BCUT2D eigenvalue weighted by Gasteiger charge is 2.15. The second-order valence-electron chi connectivity index (χ2n) is 9.66. The van der Waals surface area contributed by atoms with Crippen LogP contribution in [0.1, 0.15) is 29.7 Å². The van der Waals surface area contributed by atoms with Crippen LogP contribution >= 0.6 is 0 Å². The van der Waals surface area contributed by atoms with Gasteiger partial charge in [-0.1, -0.05) is 60.7 Å². The van der Waals surface area contributed by atoms with Crippen molar-refractivity contribution in [3.8, 4) is 28.0 Å². The normalized spacial score (nSPS) is 12.0. The zero-order valence-corrected chi connectivity index (χ0v) is 21.7. The first-order chi connectivity index (χ1) is 19.6. The molecule has 0 atom stereocenters. The van der Waals surface area contributed by atoms with Crippen LogP contribution in [-0.4, -0.2) is 25.9 Å². The van der Waals surface area contributed by atoms with Crippen LogP contribution in [0, 0.1) is 0 Å². The third-order valence-electron chi connectivity index (χ3n) is 6.87. The van der Waals surface area contributed by atoms with E-state index in [1.54, 1.807) is 0 Å². The van der Waals surface area contributed by atoms with Gasteiger partial charge in [-0.25, -0.2) is 9.97 Å². The fourth-order valence-electron chi connectivity index (χ4n) is 5.17. The van der Waals surface area contributed by atoms with Crippen LogP contribution in [0.5, 0.6) is 5.75 Å². The molecule has 0 spiro atoms. The number of esters is 1. The molecule has 0 amide bonds. The van der Waals surface area contributed by atoms with Crippen LogP contribution in [0.4, 0.5) is 0 Å². The van der Waals surface area contributed by atoms with Crippen LogP contribution < -0.4 is 4.74 Å². The molecule has 2 aliphatic rings. The minimum absolute atomic E-state index is 0.395. The number of aromatic amines is 2. The summed E-state index contributed by atoms with van der Waals surface area (Å²) >= 11 is 0. The molecule has 5 heterocycles. The molecule has 0 unspecified atom stereocenters. The molecule has 6 nitrogen and oxygen atoms in total. The first kappa shape index (κ1) is 23.6. The predicted molar refractivity (Wildman–Crippen MR) is 161 cm³/mol. The molecule has 0 saturated carbocycles. The summed E-state index contributed by atoms with van der Waals surface area (Å²) in [5, 5.41) is 0. The summed E-state index contributed by atoms with van der Waals surface area (Å²) in [7, 11) is 0. The Labute approximate surface area is 230 Å². The maximum Gasteiger partial charge on any atom is 0.308 e. The Kier molecular flexibility index (Phi) is 5.71. The van der Waals surface area contributed by atoms with Crippen LogP contribution in [0.3, 0.4) is 0 Å². The number of nitrogens with zero attached hydrogens (tertiary/aromatic N) is 2. The summed E-state index contributed by atoms with van der Waals surface area (Å²) in [6, 6.07) is 30.2. The van der Waals surface area contributed by atoms with E-state index in [9.17, 15) is 4.79 Å². The first-order valence-corrected chi connectivity index (χ1v) is 13.0. The van der Waals surface area contributed by atoms with Gasteiger partial charge in [0.25, 0.3) is 0 Å². The quantitative estimate of drug-likeness (QED) is 0.232. The van der Waals surface area contributed by atoms with Crippen LogP contribution in [0.2, 0.25) is 0 Å². The van der Waals surface area contributed by atoms with E-state index in [2.05, 4.69) is 34.2 Å². The minimum atomic E-state index is -0.395. The Balaban J connectivity index is 1.61. The van der Waals surface area contributed by atoms with E-state index < -0.39 is 5.97 Å². The van der Waals surface area contributed by atoms with E-state index in [0.717, 1.165) is 61.6 Å². The number of hydrogen-bond donors (Lipinski definition) is 2. The number of fused-ring (bicyclic) bond motifs is 8. The minimum Gasteiger partial charge on any atom is -0.424 e. The molecule has 3 aromatic heterocycles. The van der Waals surface area contributed by atoms with Gasteiger partial charge in [-0.3, -0.25) is 4.79 Å². The van der Waals surface area contributed by atoms with E-state index in [1.807, 2.05) is 91.0 Å². The van der Waals surface area contributed by atoms with Crippen molar-refractivity contribution < 1.29 is 9.53 Å². The van der Waals surface area contributed by atoms with Gasteiger partial charge < -0.3 is 14.7 Å². The fraction of sp³-hybridized carbons (Fsp3) is 0.0294. The monoisotopic (exact) mass is 520 g/mol. The molecule has 8 bridgehead atoms. The fourth-order valence-corrected chi connectivity index (χ4v) is 5.17. The summed E-state index contributed by atoms with van der Waals surface area (Å²) in [5.41, 5.74) is 10.5. The van der Waals surface area contributed by atoms with Crippen LogP contribution in [0.25, 0.3) is 68.6 Å². The van der Waals surface area contributed by atoms with Crippen LogP contribution in [-0.2, 0) is 4.79 Å². The van der Waals surface area contributed by atoms with Gasteiger partial charge in [0.05, 0.1) is 33.8 Å². The number of carbonyl (C=O) groups excluding carboxylic acids is 1. The largest absolute Gasteiger partial charge is 0.424 e. The maximum atomic E-state index is 12.0. The molecule has 2 aliphatic heterocycles. The molecule has 6 heteroatoms. The van der Waals surface area contributed by atoms with Crippen molar-refractivity contribution in [3.05, 3.63) is 114 Å². The average molecular weight is 521 g/mol. The SMILES string of the molecule is CC(=O)Oc1cc2[nH]c1cc1nc(c(-c3ccccc3)c3ccc(cc4nc(c2-c2ccccc2)C=C4)[nH]3)C=C1. The van der Waals surface area contributed by atoms with Gasteiger partial charge in [-0.2, -0.15) is 0 Å². The van der Waals surface area contributed by atoms with Crippen molar-refractivity contribution in [2.75, 3.05) is 0 Å². The zero-order chi connectivity index (χ0) is 27.1. The molecule has 40 heavy (non-hydrogen) atoms. The molecular formula is C34H24N4O2. The number of hydrogen-bond acceptors (Lipinski definition) is 4. The van der Waals surface area contributed by atoms with E-state index in [4.69, 9.17) is 14.7 Å². The van der Waals surface area contributed by atoms with Crippen molar-refractivity contribution in [2.45, 2.75) is 6.92 Å². The highest BCUT2D eigenvalue weighted by atomic mass is 16.5. The lowest BCUT2D eigenvalue weighted by atomic mass is 10.0. The van der Waals surface area contributed by atoms with E-state index in [-0.39, 0.29) is 0 Å². The van der Waals surface area contributed by atoms with Gasteiger partial charge >= 0.3 is 5.97 Å². The topological polar surface area (TPSA) is 83.7 Å². The lowest BCUT2D eigenvalue weighted by molar-refractivity contribution is -0.131. The zero-order valence-electron chi connectivity index (χ0n) is 21.7. The molecule has 7 rings (SSSR count). The number of nitrogens with one attached hydrogen (secondary N) is 2. The molecule has 192 valence electrons. The van der Waals surface area contributed by atoms with Gasteiger partial charge in [0.2, 0.25) is 0 Å². The smallest absolute Gasteiger partial charge is 0.308 e. The molecule has 0 saturated heterocycles. The Morgan fingerprint density at radius 2 is 1.23 bits per heavy atom. The lowest BCUT2D eigenvalue weighted by Gasteiger charge is -2.03. The second kappa shape index (κ2) is 9.67. The molecule has 0 radical (unpaired) electrons. The standard InChI is InChI=1S/C34H24N4O2/c1-21(39)40-32-20-31-34(23-10-6-3-7-11-23)29-16-13-25(36-29)18-24-12-15-27(35-24)33(22-8-4-2-5-9-22)28-17-14-26(37-28)19-30(32)38-31/h2-20,35,38H,1H3. The van der Waals surface area contributed by atoms with Crippen molar-refractivity contribution >= 4 is 52.3 Å². The molecular weight excluding hydrogens is 496 g/mol. The van der Waals surface area contributed by atoms with Gasteiger partial charge in [-0.05, 0) is 59.7 Å². The highest BCUT2D eigenvalue weighted by molar-refractivity contribution is 5.94. The van der Waals surface area contributed by atoms with E-state index in [1.165, 1.54) is 6.92 Å². The Morgan fingerprint density at radius 3 is 1.85 bits per heavy atom. The number of H-pyrrole nitrogens is 2. The highest BCUT2D eigenvalue weighted by Crippen LogP contribution is 2.34. The predicted octanol–water partition coefficient (Wildman–Crippen LogP) is 7.91. The number of ether oxygens (including phenoxy) is 1. The van der Waals surface area contributed by atoms with Crippen molar-refractivity contribution in [2.24, 2.45) is 0 Å². The summed E-state index contributed by atoms with van der Waals surface area (Å²) in [5.74, 6) is 0.0397. The third kappa shape index (κ3) is 4.41. The molecule has 5 aromatic rings. The number of rotatable bonds is 3. The average Bonchev–Trinajstić information content (AvgIpc) is 3.76. The van der Waals surface area contributed by atoms with E-state index >= 15 is 0 Å². The summed E-state index contributed by atoms with van der Waals surface area (Å²) in [6.07, 6.45) is 8.00. The van der Waals surface area contributed by atoms with Gasteiger partial charge in [0.15, 0.2) is 5.75 Å². The Bertz CT molecular complexity index is 2000. The van der Waals surface area contributed by atoms with Crippen LogP contribution in [0.15, 0.2) is 91.0 Å². The van der Waals surface area contributed by atoms with Crippen molar-refractivity contribution in [1.29, 1.82) is 0 Å². The second-order valence-corrected chi connectivity index (χ2v) is 9.66. The number of carbonyl (C=O) groups is 1. The number of benzene rings is 2. The molecule has 0 aliphatic carbocycles. The molecule has 2 aromatic carbocycles.